The number of rotatable bonds is 5. The Balaban J connectivity index is 0.965. The second-order valence-corrected chi connectivity index (χ2v) is 18.6. The molecule has 13 rings (SSSR count). The summed E-state index contributed by atoms with van der Waals surface area (Å²) in [5.41, 5.74) is 22.8. The molecular weight excluding hydrogens is 767 g/mol. The van der Waals surface area contributed by atoms with E-state index in [1.807, 2.05) is 11.3 Å². The number of hydrogen-bond acceptors (Lipinski definition) is 2. The minimum absolute atomic E-state index is 0.105. The summed E-state index contributed by atoms with van der Waals surface area (Å²) in [4.78, 5) is 3.86. The van der Waals surface area contributed by atoms with Crippen LogP contribution >= 0.6 is 11.3 Å². The molecule has 0 amide bonds. The third-order valence-corrected chi connectivity index (χ3v) is 15.4. The fourth-order valence-electron chi connectivity index (χ4n) is 11.3. The lowest BCUT2D eigenvalue weighted by Gasteiger charge is -2.29. The van der Waals surface area contributed by atoms with Gasteiger partial charge in [-0.15, -0.1) is 11.3 Å². The Morgan fingerprint density at radius 1 is 0.355 bits per heavy atom. The van der Waals surface area contributed by atoms with Gasteiger partial charge in [0.15, 0.2) is 0 Å². The SMILES string of the molecule is CC1(C)c2ccccc2-c2ccc(N(c3ccc(-c4ccccc4)cc3)c3ccc(-c4cccc5c4-c4ccccc4C54c5ccccc5-c5c4sc4ccccc54)cc3)cc21. The first-order chi connectivity index (χ1) is 30.5. The zero-order chi connectivity index (χ0) is 41.2. The minimum Gasteiger partial charge on any atom is -0.310 e. The van der Waals surface area contributed by atoms with Crippen LogP contribution in [0.25, 0.3) is 65.7 Å². The van der Waals surface area contributed by atoms with Gasteiger partial charge in [-0.1, -0.05) is 184 Å². The molecule has 0 radical (unpaired) electrons. The van der Waals surface area contributed by atoms with Crippen LogP contribution in [0.2, 0.25) is 0 Å². The second kappa shape index (κ2) is 13.1. The molecule has 0 fully saturated rings. The molecule has 62 heavy (non-hydrogen) atoms. The van der Waals surface area contributed by atoms with E-state index in [0.29, 0.717) is 0 Å². The monoisotopic (exact) mass is 807 g/mol. The molecule has 9 aromatic carbocycles. The largest absolute Gasteiger partial charge is 0.310 e. The third-order valence-electron chi connectivity index (χ3n) is 14.1. The van der Waals surface area contributed by atoms with Gasteiger partial charge in [-0.05, 0) is 120 Å². The van der Waals surface area contributed by atoms with Gasteiger partial charge < -0.3 is 4.90 Å². The highest BCUT2D eigenvalue weighted by molar-refractivity contribution is 7.20. The van der Waals surface area contributed by atoms with Crippen LogP contribution < -0.4 is 4.90 Å². The lowest BCUT2D eigenvalue weighted by Crippen LogP contribution is -2.24. The Morgan fingerprint density at radius 2 is 0.871 bits per heavy atom. The van der Waals surface area contributed by atoms with Crippen molar-refractivity contribution in [3.8, 4) is 55.6 Å². The first-order valence-corrected chi connectivity index (χ1v) is 22.5. The van der Waals surface area contributed by atoms with E-state index >= 15 is 0 Å². The van der Waals surface area contributed by atoms with Crippen LogP contribution in [0, 0.1) is 0 Å². The smallest absolute Gasteiger partial charge is 0.0819 e. The molecule has 2 heteroatoms. The van der Waals surface area contributed by atoms with Crippen molar-refractivity contribution in [3.63, 3.8) is 0 Å². The van der Waals surface area contributed by atoms with Gasteiger partial charge in [0, 0.05) is 43.0 Å². The topological polar surface area (TPSA) is 3.24 Å². The number of thiophene rings is 1. The van der Waals surface area contributed by atoms with Gasteiger partial charge in [-0.25, -0.2) is 0 Å². The second-order valence-electron chi connectivity index (χ2n) is 17.6. The predicted octanol–water partition coefficient (Wildman–Crippen LogP) is 16.4. The number of benzene rings is 9. The van der Waals surface area contributed by atoms with Gasteiger partial charge in [0.1, 0.15) is 0 Å². The average molecular weight is 808 g/mol. The van der Waals surface area contributed by atoms with Gasteiger partial charge in [0.05, 0.1) is 5.41 Å². The Morgan fingerprint density at radius 3 is 1.60 bits per heavy atom. The zero-order valence-electron chi connectivity index (χ0n) is 34.6. The van der Waals surface area contributed by atoms with Crippen molar-refractivity contribution in [2.24, 2.45) is 0 Å². The molecule has 0 bridgehead atoms. The normalized spacial score (nSPS) is 15.8. The lowest BCUT2D eigenvalue weighted by atomic mass is 9.73. The van der Waals surface area contributed by atoms with E-state index in [4.69, 9.17) is 0 Å². The summed E-state index contributed by atoms with van der Waals surface area (Å²) in [6, 6.07) is 79.3. The fraction of sp³-hybridized carbons (Fsp3) is 0.0667. The summed E-state index contributed by atoms with van der Waals surface area (Å²) in [7, 11) is 0. The molecule has 1 atom stereocenters. The van der Waals surface area contributed by atoms with E-state index in [0.717, 1.165) is 17.1 Å². The van der Waals surface area contributed by atoms with E-state index in [2.05, 4.69) is 231 Å². The highest BCUT2D eigenvalue weighted by atomic mass is 32.1. The van der Waals surface area contributed by atoms with Crippen molar-refractivity contribution >= 4 is 38.5 Å². The number of nitrogens with zero attached hydrogens (tertiary/aromatic N) is 1. The van der Waals surface area contributed by atoms with Gasteiger partial charge in [-0.2, -0.15) is 0 Å². The molecular formula is C60H41NS. The van der Waals surface area contributed by atoms with Gasteiger partial charge in [-0.3, -0.25) is 0 Å². The van der Waals surface area contributed by atoms with Gasteiger partial charge >= 0.3 is 0 Å². The van der Waals surface area contributed by atoms with Crippen molar-refractivity contribution in [1.29, 1.82) is 0 Å². The van der Waals surface area contributed by atoms with Crippen molar-refractivity contribution in [2.45, 2.75) is 24.7 Å². The van der Waals surface area contributed by atoms with Crippen LogP contribution in [-0.2, 0) is 10.8 Å². The van der Waals surface area contributed by atoms with E-state index in [1.54, 1.807) is 0 Å². The fourth-order valence-corrected chi connectivity index (χ4v) is 12.8. The van der Waals surface area contributed by atoms with Crippen LogP contribution in [0.15, 0.2) is 212 Å². The zero-order valence-corrected chi connectivity index (χ0v) is 35.4. The highest BCUT2D eigenvalue weighted by Crippen LogP contribution is 2.67. The summed E-state index contributed by atoms with van der Waals surface area (Å²) < 4.78 is 1.35. The first kappa shape index (κ1) is 35.5. The van der Waals surface area contributed by atoms with Crippen LogP contribution in [-0.4, -0.2) is 0 Å². The maximum Gasteiger partial charge on any atom is 0.0819 e. The minimum atomic E-state index is -0.374. The molecule has 1 spiro atoms. The Kier molecular flexibility index (Phi) is 7.51. The van der Waals surface area contributed by atoms with E-state index in [1.165, 1.54) is 98.4 Å². The molecule has 0 aliphatic heterocycles. The van der Waals surface area contributed by atoms with Crippen molar-refractivity contribution in [2.75, 3.05) is 4.90 Å². The standard InChI is InChI=1S/C60H41NS/c1-59(2)50-22-10-6-17-45(50)46-36-35-43(37-54(46)59)61(41-31-27-39(28-32-41)38-15-4-3-5-16-38)42-33-29-40(30-34-42)44-21-14-25-53-56(44)47-18-7-11-23-51(47)60(53)52-24-12-8-19-48(52)57-49-20-9-13-26-55(49)62-58(57)60/h3-37H,1-2H3. The molecule has 292 valence electrons. The molecule has 3 aliphatic rings. The van der Waals surface area contributed by atoms with E-state index in [9.17, 15) is 0 Å². The van der Waals surface area contributed by atoms with Gasteiger partial charge in [0.25, 0.3) is 0 Å². The number of hydrogen-bond donors (Lipinski definition) is 0. The molecule has 0 saturated heterocycles. The van der Waals surface area contributed by atoms with Crippen molar-refractivity contribution in [3.05, 3.63) is 245 Å². The van der Waals surface area contributed by atoms with Crippen LogP contribution in [0.4, 0.5) is 17.1 Å². The number of fused-ring (bicyclic) bond motifs is 15. The van der Waals surface area contributed by atoms with Gasteiger partial charge in [0.2, 0.25) is 0 Å². The predicted molar refractivity (Wildman–Crippen MR) is 261 cm³/mol. The Hall–Kier alpha value is -7.26. The maximum atomic E-state index is 2.43. The van der Waals surface area contributed by atoms with Crippen LogP contribution in [0.1, 0.15) is 46.5 Å². The maximum absolute atomic E-state index is 2.43. The summed E-state index contributed by atoms with van der Waals surface area (Å²) >= 11 is 1.97. The quantitative estimate of drug-likeness (QED) is 0.167. The molecule has 1 unspecified atom stereocenters. The Labute approximate surface area is 366 Å². The summed E-state index contributed by atoms with van der Waals surface area (Å²) in [6.45, 7) is 4.73. The molecule has 0 N–H and O–H groups in total. The molecule has 10 aromatic rings. The van der Waals surface area contributed by atoms with Crippen molar-refractivity contribution in [1.82, 2.24) is 0 Å². The van der Waals surface area contributed by atoms with E-state index in [-0.39, 0.29) is 10.8 Å². The average Bonchev–Trinajstić information content (AvgIpc) is 4.02. The number of anilines is 3. The Bertz CT molecular complexity index is 3430. The third kappa shape index (κ3) is 4.79. The molecule has 1 aromatic heterocycles. The summed E-state index contributed by atoms with van der Waals surface area (Å²) in [5, 5.41) is 1.35. The van der Waals surface area contributed by atoms with Crippen molar-refractivity contribution < 1.29 is 0 Å². The molecule has 0 saturated carbocycles. The molecule has 1 nitrogen and oxygen atoms in total. The summed E-state index contributed by atoms with van der Waals surface area (Å²) in [5.74, 6) is 0. The summed E-state index contributed by atoms with van der Waals surface area (Å²) in [6.07, 6.45) is 0. The van der Waals surface area contributed by atoms with Crippen LogP contribution in [0.3, 0.4) is 0 Å². The van der Waals surface area contributed by atoms with E-state index < -0.39 is 0 Å². The molecule has 3 aliphatic carbocycles. The lowest BCUT2D eigenvalue weighted by molar-refractivity contribution is 0.660. The highest BCUT2D eigenvalue weighted by Gasteiger charge is 2.53. The van der Waals surface area contributed by atoms with Crippen LogP contribution in [0.5, 0.6) is 0 Å². The molecule has 1 heterocycles. The first-order valence-electron chi connectivity index (χ1n) is 21.7.